The van der Waals surface area contributed by atoms with E-state index in [-0.39, 0.29) is 82.3 Å². The Morgan fingerprint density at radius 2 is 1.57 bits per heavy atom. The van der Waals surface area contributed by atoms with Crippen molar-refractivity contribution in [1.82, 2.24) is 16.1 Å². The lowest BCUT2D eigenvalue weighted by atomic mass is 9.73. The fraction of sp³-hybridized carbons (Fsp3) is 0.621. The first-order valence-electron chi connectivity index (χ1n) is 28.1. The first-order chi connectivity index (χ1) is 42.2. The monoisotopic (exact) mass is 1310 g/mol. The zero-order chi connectivity index (χ0) is 64.0. The van der Waals surface area contributed by atoms with Crippen molar-refractivity contribution in [3.63, 3.8) is 0 Å². The minimum Gasteiger partial charge on any atom is -0.493 e. The quantitative estimate of drug-likeness (QED) is 0.0133. The predicted molar refractivity (Wildman–Crippen MR) is 325 cm³/mol. The van der Waals surface area contributed by atoms with Crippen LogP contribution in [-0.2, 0) is 66.5 Å². The van der Waals surface area contributed by atoms with Gasteiger partial charge in [0, 0.05) is 55.4 Å². The zero-order valence-corrected chi connectivity index (χ0v) is 53.8. The summed E-state index contributed by atoms with van der Waals surface area (Å²) >= 11 is 1.47. The van der Waals surface area contributed by atoms with E-state index < -0.39 is 134 Å². The molecule has 0 radical (unpaired) electrons. The van der Waals surface area contributed by atoms with Gasteiger partial charge in [0.15, 0.2) is 54.1 Å². The summed E-state index contributed by atoms with van der Waals surface area (Å²) in [5, 5.41) is 56.7. The first-order valence-corrected chi connectivity index (χ1v) is 33.4. The molecular formula is C58H78N4O22S4. The number of hydrogen-bond donors (Lipinski definition) is 8. The van der Waals surface area contributed by atoms with Crippen LogP contribution in [-0.4, -0.2) is 226 Å². The number of esters is 1. The molecule has 4 aliphatic heterocycles. The Labute approximate surface area is 526 Å². The van der Waals surface area contributed by atoms with Crippen molar-refractivity contribution in [2.75, 3.05) is 72.3 Å². The molecular weight excluding hydrogens is 1230 g/mol. The van der Waals surface area contributed by atoms with Crippen LogP contribution in [0.2, 0.25) is 0 Å². The highest BCUT2D eigenvalue weighted by Crippen LogP contribution is 2.44. The number of amides is 2. The number of Topliss-reactive ketones (excluding diaryl/α,β-unsaturated/α-hetero) is 1. The second-order valence-corrected chi connectivity index (χ2v) is 26.0. The van der Waals surface area contributed by atoms with Gasteiger partial charge in [-0.1, -0.05) is 64.8 Å². The molecule has 7 rings (SSSR count). The van der Waals surface area contributed by atoms with Crippen LogP contribution in [0.5, 0.6) is 11.5 Å². The number of carbonyl (C=O) groups is 4. The summed E-state index contributed by atoms with van der Waals surface area (Å²) in [7, 11) is 10.8. The average Bonchev–Trinajstić information content (AvgIpc) is 1.02. The maximum Gasteiger partial charge on any atom is 0.411 e. The molecule has 0 aromatic heterocycles. The molecule has 486 valence electrons. The second-order valence-electron chi connectivity index (χ2n) is 20.6. The van der Waals surface area contributed by atoms with Crippen LogP contribution < -0.4 is 30.9 Å². The van der Waals surface area contributed by atoms with Crippen molar-refractivity contribution in [2.45, 2.75) is 162 Å². The first kappa shape index (κ1) is 70.8. The third-order valence-electron chi connectivity index (χ3n) is 15.2. The van der Waals surface area contributed by atoms with Crippen LogP contribution in [0.15, 0.2) is 59.5 Å². The molecule has 4 saturated heterocycles. The fourth-order valence-corrected chi connectivity index (χ4v) is 13.9. The molecule has 19 atom stereocenters. The number of carbonyl (C=O) groups excluding carboxylic acids is 4. The second kappa shape index (κ2) is 33.1. The number of rotatable bonds is 25. The molecule has 8 N–H and O–H groups in total. The highest BCUT2D eigenvalue weighted by molar-refractivity contribution is 9.09. The Morgan fingerprint density at radius 3 is 2.24 bits per heavy atom. The van der Waals surface area contributed by atoms with Gasteiger partial charge < -0.3 is 92.6 Å². The van der Waals surface area contributed by atoms with Gasteiger partial charge in [0.2, 0.25) is 5.78 Å². The smallest absolute Gasteiger partial charge is 0.411 e. The number of likely N-dealkylation sites (N-methyl/N-ethyl adjacent to an activating group) is 1. The lowest BCUT2D eigenvalue weighted by Crippen LogP contribution is -2.65. The molecule has 1 aromatic rings. The van der Waals surface area contributed by atoms with Gasteiger partial charge >= 0.3 is 12.1 Å². The van der Waals surface area contributed by atoms with Gasteiger partial charge in [0.05, 0.1) is 99.8 Å². The van der Waals surface area contributed by atoms with E-state index in [9.17, 15) is 34.8 Å². The maximum absolute atomic E-state index is 15.6. The van der Waals surface area contributed by atoms with Gasteiger partial charge in [-0.25, -0.2) is 9.59 Å². The lowest BCUT2D eigenvalue weighted by molar-refractivity contribution is -0.336. The number of aliphatic hydroxyl groups excluding tert-OH is 3. The van der Waals surface area contributed by atoms with Crippen molar-refractivity contribution in [3.05, 3.63) is 65.1 Å². The predicted octanol–water partition coefficient (Wildman–Crippen LogP) is 3.03. The van der Waals surface area contributed by atoms with Gasteiger partial charge in [-0.05, 0) is 61.8 Å². The van der Waals surface area contributed by atoms with Crippen LogP contribution in [0.1, 0.15) is 57.3 Å². The van der Waals surface area contributed by atoms with Crippen LogP contribution in [0.4, 0.5) is 10.5 Å². The van der Waals surface area contributed by atoms with E-state index in [0.717, 1.165) is 7.11 Å². The molecule has 6 unspecified atom stereocenters. The number of hydroxylamine groups is 1. The lowest BCUT2D eigenvalue weighted by Gasteiger charge is -2.47. The summed E-state index contributed by atoms with van der Waals surface area (Å²) < 4.78 is 77.7. The molecule has 1 aromatic carbocycles. The van der Waals surface area contributed by atoms with E-state index in [0.29, 0.717) is 6.54 Å². The number of ketones is 1. The number of ether oxygens (including phenoxy) is 13. The van der Waals surface area contributed by atoms with Crippen LogP contribution >= 0.6 is 43.2 Å². The molecule has 4 heterocycles. The fourth-order valence-electron chi connectivity index (χ4n) is 10.7. The number of aliphatic hydroxyl groups is 4. The largest absolute Gasteiger partial charge is 0.493 e. The number of allylic oxidation sites excluding steroid dienone is 2. The van der Waals surface area contributed by atoms with E-state index in [1.54, 1.807) is 20.1 Å². The molecule has 0 spiro atoms. The van der Waals surface area contributed by atoms with Crippen molar-refractivity contribution in [2.24, 2.45) is 0 Å². The van der Waals surface area contributed by atoms with Crippen LogP contribution in [0.3, 0.4) is 0 Å². The normalized spacial score (nSPS) is 34.6. The van der Waals surface area contributed by atoms with Gasteiger partial charge in [0.25, 0.3) is 5.91 Å². The standard InChI is InChI=1S/C58H78N4O22S4/c1-13-59-35-27-76-42(25-38(35)72-7)82-51-49(65)46(62-84-44-24-36(63)52(85-11)30(4)78-44)28(2)79-56(51)81-37-18-16-14-15-17-20-58(70)33(19-21-87-88-86-12)45(37)47(61-57(69)75-10)50(66)53(58)83-43-26-41(48(64)29(3)77-43)80-55(68)32-22-39(73-8)40(74-9)23-34(32)60-54(67)31(5)71-6/h14-15,19,22-23,28-30,35-38,41-44,46,48-49,51-53,56,59,62-65,70H,5,13,21,24-27H2,1-4,6-12H3,(H,60,67)(H,61,69)/b15-14-,33-19?/t28?,29-,30+,35-,36-,37?,38-,41-,42?,43-,44?,46-,48+,49+,51-,52-,53?,56-,58?/m0/s1. The SMILES string of the molecule is C=C(OC)C(=O)Nc1cc(OC)c(OC)cc1C(=O)O[C@H]1C[C@H](OC2C(=O)C(NC(=O)OC)=C3C(=CCSSSC)C2(O)C#C/C=C\C#CC3O[C@@H]2OC(C)[C@H](NOC3C[C@H](O)[C@@H](SC)[C@@H](C)O3)[C@@H](O)[C@@H]2OC2C[C@H](OC)[C@@H](NCC)CO2)O[C@@H](C)[C@H]1O. The molecule has 2 amide bonds. The van der Waals surface area contributed by atoms with E-state index in [1.807, 2.05) is 26.4 Å². The number of thioether (sulfide) groups is 1. The summed E-state index contributed by atoms with van der Waals surface area (Å²) in [5.41, 5.74) is -0.949. The Hall–Kier alpha value is -4.62. The molecule has 26 nitrogen and oxygen atoms in total. The summed E-state index contributed by atoms with van der Waals surface area (Å²) in [5.74, 6) is 8.59. The Balaban J connectivity index is 1.27. The van der Waals surface area contributed by atoms with Crippen molar-refractivity contribution < 1.29 is 106 Å². The number of hydrogen-bond acceptors (Lipinski definition) is 28. The molecule has 30 heteroatoms. The van der Waals surface area contributed by atoms with Crippen molar-refractivity contribution >= 4 is 72.6 Å². The van der Waals surface area contributed by atoms with E-state index in [1.165, 1.54) is 95.7 Å². The maximum atomic E-state index is 15.6. The molecule has 2 bridgehead atoms. The number of methoxy groups -OCH3 is 5. The van der Waals surface area contributed by atoms with Gasteiger partial charge in [-0.2, -0.15) is 17.2 Å². The highest BCUT2D eigenvalue weighted by atomic mass is 33.5. The Morgan fingerprint density at radius 1 is 0.852 bits per heavy atom. The summed E-state index contributed by atoms with van der Waals surface area (Å²) in [6.45, 7) is 11.2. The molecule has 4 fully saturated rings. The average molecular weight is 1310 g/mol. The Bertz CT molecular complexity index is 2850. The summed E-state index contributed by atoms with van der Waals surface area (Å²) in [4.78, 5) is 62.4. The number of anilines is 1. The van der Waals surface area contributed by atoms with Crippen LogP contribution in [0, 0.1) is 23.7 Å². The van der Waals surface area contributed by atoms with E-state index in [4.69, 9.17) is 66.4 Å². The molecule has 2 aliphatic carbocycles. The van der Waals surface area contributed by atoms with Gasteiger partial charge in [-0.15, -0.1) is 0 Å². The minimum atomic E-state index is -2.66. The topological polar surface area (TPSA) is 327 Å². The van der Waals surface area contributed by atoms with E-state index >= 15 is 4.79 Å². The van der Waals surface area contributed by atoms with Crippen molar-refractivity contribution in [1.29, 1.82) is 0 Å². The molecule has 0 saturated carbocycles. The number of nitrogens with one attached hydrogen (secondary N) is 4. The third-order valence-corrected chi connectivity index (χ3v) is 20.1. The molecule has 6 aliphatic rings. The zero-order valence-electron chi connectivity index (χ0n) is 50.5. The summed E-state index contributed by atoms with van der Waals surface area (Å²) in [6.07, 6.45) is -11.7. The minimum absolute atomic E-state index is 0.0845. The van der Waals surface area contributed by atoms with Gasteiger partial charge in [-0.3, -0.25) is 19.7 Å². The summed E-state index contributed by atoms with van der Waals surface area (Å²) in [6, 6.07) is 1.33. The highest BCUT2D eigenvalue weighted by Gasteiger charge is 2.57. The van der Waals surface area contributed by atoms with Crippen LogP contribution in [0.25, 0.3) is 0 Å². The number of benzene rings is 1. The van der Waals surface area contributed by atoms with Gasteiger partial charge in [0.1, 0.15) is 30.5 Å². The van der Waals surface area contributed by atoms with Crippen molar-refractivity contribution in [3.8, 4) is 35.2 Å². The number of alkyl carbamates (subject to hydrolysis) is 1. The molecule has 88 heavy (non-hydrogen) atoms. The van der Waals surface area contributed by atoms with E-state index in [2.05, 4.69) is 51.7 Å². The Kier molecular flexibility index (Phi) is 26.6. The number of fused-ring (bicyclic) bond motifs is 2. The third kappa shape index (κ3) is 16.9.